The molecule has 1 aromatic rings. The number of hydrogen-bond donors (Lipinski definition) is 1. The van der Waals surface area contributed by atoms with Gasteiger partial charge in [0.1, 0.15) is 5.75 Å². The Balaban J connectivity index is 2.10. The van der Waals surface area contributed by atoms with Gasteiger partial charge in [-0.3, -0.25) is 9.59 Å². The minimum atomic E-state index is -0.235. The van der Waals surface area contributed by atoms with E-state index in [1.54, 1.807) is 19.1 Å². The first-order chi connectivity index (χ1) is 11.9. The van der Waals surface area contributed by atoms with E-state index in [0.29, 0.717) is 19.4 Å². The molecule has 1 heterocycles. The van der Waals surface area contributed by atoms with Crippen LogP contribution in [-0.4, -0.2) is 63.0 Å². The minimum Gasteiger partial charge on any atom is -0.497 e. The molecule has 6 nitrogen and oxygen atoms in total. The Labute approximate surface area is 150 Å². The van der Waals surface area contributed by atoms with Gasteiger partial charge in [0.05, 0.1) is 19.1 Å². The van der Waals surface area contributed by atoms with E-state index in [9.17, 15) is 9.59 Å². The molecule has 25 heavy (non-hydrogen) atoms. The molecule has 1 fully saturated rings. The van der Waals surface area contributed by atoms with Crippen LogP contribution >= 0.6 is 0 Å². The molecule has 1 aliphatic rings. The van der Waals surface area contributed by atoms with Crippen molar-refractivity contribution in [1.82, 2.24) is 15.1 Å². The molecule has 0 saturated carbocycles. The Morgan fingerprint density at radius 2 is 2.00 bits per heavy atom. The third kappa shape index (κ3) is 4.95. The van der Waals surface area contributed by atoms with E-state index in [1.807, 2.05) is 38.4 Å². The van der Waals surface area contributed by atoms with Crippen molar-refractivity contribution in [2.24, 2.45) is 5.92 Å². The van der Waals surface area contributed by atoms with Crippen LogP contribution in [0.15, 0.2) is 24.3 Å². The quantitative estimate of drug-likeness (QED) is 0.762. The second kappa shape index (κ2) is 8.85. The Morgan fingerprint density at radius 3 is 2.60 bits per heavy atom. The first kappa shape index (κ1) is 19.2. The Kier molecular flexibility index (Phi) is 6.82. The number of nitrogens with one attached hydrogen (secondary N) is 1. The molecule has 1 N–H and O–H groups in total. The average molecular weight is 347 g/mol. The lowest BCUT2D eigenvalue weighted by Gasteiger charge is -2.38. The van der Waals surface area contributed by atoms with Crippen LogP contribution in [0, 0.1) is 5.92 Å². The summed E-state index contributed by atoms with van der Waals surface area (Å²) < 4.78 is 5.20. The van der Waals surface area contributed by atoms with Crippen molar-refractivity contribution in [2.45, 2.75) is 25.3 Å². The smallest absolute Gasteiger partial charge is 0.225 e. The number of nitrogens with zero attached hydrogens (tertiary/aromatic N) is 2. The number of methoxy groups -OCH3 is 1. The van der Waals surface area contributed by atoms with E-state index in [0.717, 1.165) is 24.3 Å². The first-order valence-corrected chi connectivity index (χ1v) is 8.76. The maximum Gasteiger partial charge on any atom is 0.225 e. The largest absolute Gasteiger partial charge is 0.497 e. The monoisotopic (exact) mass is 347 g/mol. The number of amides is 2. The third-order valence-corrected chi connectivity index (χ3v) is 4.74. The highest BCUT2D eigenvalue weighted by Crippen LogP contribution is 2.36. The van der Waals surface area contributed by atoms with E-state index in [1.165, 1.54) is 0 Å². The lowest BCUT2D eigenvalue weighted by atomic mass is 9.84. The van der Waals surface area contributed by atoms with Crippen LogP contribution in [0.4, 0.5) is 0 Å². The summed E-state index contributed by atoms with van der Waals surface area (Å²) >= 11 is 0. The number of benzene rings is 1. The number of rotatable bonds is 7. The van der Waals surface area contributed by atoms with Gasteiger partial charge < -0.3 is 19.9 Å². The van der Waals surface area contributed by atoms with E-state index in [4.69, 9.17) is 4.74 Å². The predicted octanol–water partition coefficient (Wildman–Crippen LogP) is 1.67. The molecule has 0 aromatic heterocycles. The van der Waals surface area contributed by atoms with Gasteiger partial charge in [-0.05, 0) is 51.2 Å². The summed E-state index contributed by atoms with van der Waals surface area (Å²) in [5.74, 6) is 0.644. The third-order valence-electron chi connectivity index (χ3n) is 4.74. The normalized spacial score (nSPS) is 20.7. The summed E-state index contributed by atoms with van der Waals surface area (Å²) in [5, 5.41) is 3.04. The van der Waals surface area contributed by atoms with Crippen LogP contribution in [0.25, 0.3) is 0 Å². The highest BCUT2D eigenvalue weighted by atomic mass is 16.5. The summed E-state index contributed by atoms with van der Waals surface area (Å²) in [6.45, 7) is 1.59. The lowest BCUT2D eigenvalue weighted by molar-refractivity contribution is -0.141. The minimum absolute atomic E-state index is 0.0268. The van der Waals surface area contributed by atoms with E-state index < -0.39 is 0 Å². The number of hydrogen-bond acceptors (Lipinski definition) is 4. The zero-order valence-corrected chi connectivity index (χ0v) is 15.6. The number of likely N-dealkylation sites (tertiary alicyclic amines) is 1. The second-order valence-electron chi connectivity index (χ2n) is 6.82. The van der Waals surface area contributed by atoms with Crippen molar-refractivity contribution in [3.8, 4) is 5.75 Å². The molecular weight excluding hydrogens is 318 g/mol. The van der Waals surface area contributed by atoms with Gasteiger partial charge in [-0.1, -0.05) is 12.1 Å². The average Bonchev–Trinajstić information content (AvgIpc) is 2.60. The highest BCUT2D eigenvalue weighted by Gasteiger charge is 2.38. The standard InChI is InChI=1S/C19H29N3O3/c1-21(2)13-5-12-20-19(24)16-10-11-17(23)22(3)18(16)14-6-8-15(25-4)9-7-14/h6-9,16,18H,5,10-13H2,1-4H3,(H,20,24). The van der Waals surface area contributed by atoms with E-state index >= 15 is 0 Å². The van der Waals surface area contributed by atoms with Crippen molar-refractivity contribution in [2.75, 3.05) is 41.3 Å². The van der Waals surface area contributed by atoms with Gasteiger partial charge in [0, 0.05) is 20.0 Å². The van der Waals surface area contributed by atoms with Gasteiger partial charge in [0.15, 0.2) is 0 Å². The maximum absolute atomic E-state index is 12.7. The van der Waals surface area contributed by atoms with Gasteiger partial charge in [-0.2, -0.15) is 0 Å². The Morgan fingerprint density at radius 1 is 1.32 bits per heavy atom. The molecule has 1 aliphatic heterocycles. The molecule has 1 saturated heterocycles. The van der Waals surface area contributed by atoms with Crippen LogP contribution < -0.4 is 10.1 Å². The van der Waals surface area contributed by atoms with Crippen LogP contribution in [0.3, 0.4) is 0 Å². The fourth-order valence-corrected chi connectivity index (χ4v) is 3.31. The highest BCUT2D eigenvalue weighted by molar-refractivity contribution is 5.84. The van der Waals surface area contributed by atoms with Crippen molar-refractivity contribution < 1.29 is 14.3 Å². The molecule has 0 bridgehead atoms. The van der Waals surface area contributed by atoms with Crippen molar-refractivity contribution in [1.29, 1.82) is 0 Å². The first-order valence-electron chi connectivity index (χ1n) is 8.76. The SMILES string of the molecule is COc1ccc(C2C(C(=O)NCCCN(C)C)CCC(=O)N2C)cc1. The number of piperidine rings is 1. The maximum atomic E-state index is 12.7. The van der Waals surface area contributed by atoms with Crippen molar-refractivity contribution in [3.63, 3.8) is 0 Å². The summed E-state index contributed by atoms with van der Waals surface area (Å²) in [6, 6.07) is 7.37. The van der Waals surface area contributed by atoms with Gasteiger partial charge in [-0.25, -0.2) is 0 Å². The topological polar surface area (TPSA) is 61.9 Å². The van der Waals surface area contributed by atoms with Gasteiger partial charge in [-0.15, -0.1) is 0 Å². The van der Waals surface area contributed by atoms with E-state index in [-0.39, 0.29) is 23.8 Å². The summed E-state index contributed by atoms with van der Waals surface area (Å²) in [6.07, 6.45) is 1.91. The van der Waals surface area contributed by atoms with Gasteiger partial charge >= 0.3 is 0 Å². The number of carbonyl (C=O) groups is 2. The lowest BCUT2D eigenvalue weighted by Crippen LogP contribution is -2.46. The summed E-state index contributed by atoms with van der Waals surface area (Å²) in [4.78, 5) is 28.7. The van der Waals surface area contributed by atoms with Crippen molar-refractivity contribution >= 4 is 11.8 Å². The molecule has 1 aromatic carbocycles. The molecule has 2 rings (SSSR count). The van der Waals surface area contributed by atoms with E-state index in [2.05, 4.69) is 10.2 Å². The number of ether oxygens (including phenoxy) is 1. The number of carbonyl (C=O) groups excluding carboxylic acids is 2. The molecule has 2 atom stereocenters. The zero-order valence-electron chi connectivity index (χ0n) is 15.6. The van der Waals surface area contributed by atoms with Crippen LogP contribution in [0.5, 0.6) is 5.75 Å². The Bertz CT molecular complexity index is 586. The molecule has 2 unspecified atom stereocenters. The van der Waals surface area contributed by atoms with Gasteiger partial charge in [0.25, 0.3) is 0 Å². The summed E-state index contributed by atoms with van der Waals surface area (Å²) in [7, 11) is 7.43. The zero-order chi connectivity index (χ0) is 18.4. The van der Waals surface area contributed by atoms with Crippen LogP contribution in [0.2, 0.25) is 0 Å². The second-order valence-corrected chi connectivity index (χ2v) is 6.82. The molecule has 0 spiro atoms. The fraction of sp³-hybridized carbons (Fsp3) is 0.579. The molecular formula is C19H29N3O3. The van der Waals surface area contributed by atoms with Crippen molar-refractivity contribution in [3.05, 3.63) is 29.8 Å². The summed E-state index contributed by atoms with van der Waals surface area (Å²) in [5.41, 5.74) is 0.963. The molecule has 6 heteroatoms. The van der Waals surface area contributed by atoms with Crippen LogP contribution in [-0.2, 0) is 9.59 Å². The van der Waals surface area contributed by atoms with Gasteiger partial charge in [0.2, 0.25) is 11.8 Å². The predicted molar refractivity (Wildman–Crippen MR) is 97.4 cm³/mol. The molecule has 0 aliphatic carbocycles. The molecule has 0 radical (unpaired) electrons. The molecule has 138 valence electrons. The fourth-order valence-electron chi connectivity index (χ4n) is 3.31. The van der Waals surface area contributed by atoms with Crippen LogP contribution in [0.1, 0.15) is 30.9 Å². The molecule has 2 amide bonds. The Hall–Kier alpha value is -2.08.